The second-order valence-corrected chi connectivity index (χ2v) is 2.89. The molecule has 0 aliphatic carbocycles. The maximum absolute atomic E-state index is 10.3. The van der Waals surface area contributed by atoms with Gasteiger partial charge in [-0.25, -0.2) is 0 Å². The van der Waals surface area contributed by atoms with Gasteiger partial charge in [0.1, 0.15) is 0 Å². The van der Waals surface area contributed by atoms with Crippen molar-refractivity contribution in [2.75, 3.05) is 0 Å². The topological polar surface area (TPSA) is 40.9 Å². The third-order valence-corrected chi connectivity index (χ3v) is 1.27. The van der Waals surface area contributed by atoms with Crippen LogP contribution in [0.1, 0.15) is 27.2 Å². The van der Waals surface area contributed by atoms with E-state index in [9.17, 15) is 4.79 Å². The smallest absolute Gasteiger partial charge is 0.241 e. The molecule has 0 saturated heterocycles. The Bertz CT molecular complexity index is 99.1. The molecule has 0 saturated carbocycles. The van der Waals surface area contributed by atoms with Crippen molar-refractivity contribution in [3.63, 3.8) is 0 Å². The molecule has 0 rings (SSSR count). The van der Waals surface area contributed by atoms with Crippen molar-refractivity contribution in [3.8, 4) is 0 Å². The van der Waals surface area contributed by atoms with Gasteiger partial charge in [-0.05, 0) is 12.3 Å². The summed E-state index contributed by atoms with van der Waals surface area (Å²) in [7, 11) is 0. The largest absolute Gasteiger partial charge is 0.273 e. The van der Waals surface area contributed by atoms with E-state index in [1.54, 1.807) is 6.92 Å². The van der Waals surface area contributed by atoms with Crippen LogP contribution in [0, 0.1) is 11.8 Å². The molecule has 1 amide bonds. The van der Waals surface area contributed by atoms with E-state index in [-0.39, 0.29) is 5.92 Å². The highest BCUT2D eigenvalue weighted by Crippen LogP contribution is 2.09. The van der Waals surface area contributed by atoms with E-state index in [1.165, 1.54) is 0 Å². The van der Waals surface area contributed by atoms with Crippen LogP contribution in [-0.2, 0) is 4.79 Å². The first-order valence-corrected chi connectivity index (χ1v) is 3.29. The predicted octanol–water partition coefficient (Wildman–Crippen LogP) is 1.48. The molecule has 1 N–H and O–H groups in total. The SMILES string of the molecule is CC(C)CC(C)C([NH])=O. The van der Waals surface area contributed by atoms with Gasteiger partial charge in [0.15, 0.2) is 0 Å². The molecular formula is C7H14NO. The van der Waals surface area contributed by atoms with Crippen LogP contribution < -0.4 is 5.73 Å². The van der Waals surface area contributed by atoms with E-state index in [4.69, 9.17) is 5.73 Å². The van der Waals surface area contributed by atoms with Crippen LogP contribution in [0.2, 0.25) is 0 Å². The molecule has 0 spiro atoms. The molecule has 0 aromatic heterocycles. The minimum absolute atomic E-state index is 0.0787. The highest BCUT2D eigenvalue weighted by Gasteiger charge is 2.10. The molecule has 0 aliphatic rings. The van der Waals surface area contributed by atoms with Gasteiger partial charge in [-0.3, -0.25) is 10.5 Å². The number of amides is 1. The summed E-state index contributed by atoms with van der Waals surface area (Å²) in [6, 6.07) is 0. The molecule has 1 radical (unpaired) electrons. The van der Waals surface area contributed by atoms with Crippen LogP contribution >= 0.6 is 0 Å². The van der Waals surface area contributed by atoms with E-state index in [0.29, 0.717) is 5.92 Å². The molecule has 0 aromatic rings. The van der Waals surface area contributed by atoms with Gasteiger partial charge in [0.25, 0.3) is 0 Å². The van der Waals surface area contributed by atoms with Crippen molar-refractivity contribution in [1.29, 1.82) is 0 Å². The number of hydrogen-bond donors (Lipinski definition) is 0. The summed E-state index contributed by atoms with van der Waals surface area (Å²) in [4.78, 5) is 10.3. The highest BCUT2D eigenvalue weighted by atomic mass is 16.1. The number of carbonyl (C=O) groups excluding carboxylic acids is 1. The minimum Gasteiger partial charge on any atom is -0.273 e. The summed E-state index contributed by atoms with van der Waals surface area (Å²) < 4.78 is 0. The molecular weight excluding hydrogens is 114 g/mol. The van der Waals surface area contributed by atoms with E-state index in [0.717, 1.165) is 6.42 Å². The van der Waals surface area contributed by atoms with Gasteiger partial charge in [0, 0.05) is 5.92 Å². The van der Waals surface area contributed by atoms with Gasteiger partial charge >= 0.3 is 0 Å². The van der Waals surface area contributed by atoms with Gasteiger partial charge in [-0.1, -0.05) is 20.8 Å². The van der Waals surface area contributed by atoms with Crippen LogP contribution in [0.25, 0.3) is 0 Å². The first-order valence-electron chi connectivity index (χ1n) is 3.29. The van der Waals surface area contributed by atoms with Crippen LogP contribution in [-0.4, -0.2) is 5.91 Å². The number of rotatable bonds is 3. The van der Waals surface area contributed by atoms with Gasteiger partial charge in [0.05, 0.1) is 0 Å². The fourth-order valence-corrected chi connectivity index (χ4v) is 0.814. The number of carbonyl (C=O) groups is 1. The molecule has 2 nitrogen and oxygen atoms in total. The summed E-state index contributed by atoms with van der Waals surface area (Å²) in [6.07, 6.45) is 0.836. The molecule has 0 aliphatic heterocycles. The Balaban J connectivity index is 3.50. The zero-order chi connectivity index (χ0) is 7.44. The van der Waals surface area contributed by atoms with E-state index >= 15 is 0 Å². The molecule has 1 atom stereocenters. The lowest BCUT2D eigenvalue weighted by Crippen LogP contribution is -2.13. The zero-order valence-electron chi connectivity index (χ0n) is 6.27. The van der Waals surface area contributed by atoms with Crippen LogP contribution in [0.15, 0.2) is 0 Å². The Morgan fingerprint density at radius 3 is 2.00 bits per heavy atom. The number of nitrogens with one attached hydrogen (secondary N) is 1. The number of hydrogen-bond acceptors (Lipinski definition) is 1. The summed E-state index contributed by atoms with van der Waals surface area (Å²) in [5.41, 5.74) is 6.74. The second kappa shape index (κ2) is 3.49. The van der Waals surface area contributed by atoms with E-state index in [1.807, 2.05) is 0 Å². The quantitative estimate of drug-likeness (QED) is 0.567. The van der Waals surface area contributed by atoms with Crippen LogP contribution in [0.3, 0.4) is 0 Å². The van der Waals surface area contributed by atoms with Crippen LogP contribution in [0.4, 0.5) is 0 Å². The normalized spacial score (nSPS) is 13.8. The summed E-state index contributed by atoms with van der Waals surface area (Å²) in [5, 5.41) is 0. The third-order valence-electron chi connectivity index (χ3n) is 1.27. The maximum atomic E-state index is 10.3. The molecule has 1 unspecified atom stereocenters. The van der Waals surface area contributed by atoms with Crippen LogP contribution in [0.5, 0.6) is 0 Å². The molecule has 0 heterocycles. The van der Waals surface area contributed by atoms with Crippen molar-refractivity contribution >= 4 is 5.91 Å². The van der Waals surface area contributed by atoms with Crippen molar-refractivity contribution in [2.24, 2.45) is 11.8 Å². The lowest BCUT2D eigenvalue weighted by atomic mass is 9.99. The van der Waals surface area contributed by atoms with Crippen molar-refractivity contribution in [3.05, 3.63) is 0 Å². The average molecular weight is 128 g/mol. The Morgan fingerprint density at radius 2 is 1.89 bits per heavy atom. The molecule has 53 valence electrons. The first-order chi connectivity index (χ1) is 4.04. The Hall–Kier alpha value is -0.530. The van der Waals surface area contributed by atoms with E-state index < -0.39 is 5.91 Å². The van der Waals surface area contributed by atoms with Gasteiger partial charge < -0.3 is 0 Å². The summed E-state index contributed by atoms with van der Waals surface area (Å²) in [6.45, 7) is 5.91. The lowest BCUT2D eigenvalue weighted by molar-refractivity contribution is -0.122. The van der Waals surface area contributed by atoms with Crippen molar-refractivity contribution in [2.45, 2.75) is 27.2 Å². The summed E-state index contributed by atoms with van der Waals surface area (Å²) in [5.74, 6) is 0.00278. The van der Waals surface area contributed by atoms with Gasteiger partial charge in [-0.15, -0.1) is 0 Å². The third kappa shape index (κ3) is 4.01. The minimum atomic E-state index is -0.441. The van der Waals surface area contributed by atoms with Gasteiger partial charge in [-0.2, -0.15) is 0 Å². The lowest BCUT2D eigenvalue weighted by Gasteiger charge is -2.07. The Labute approximate surface area is 56.4 Å². The maximum Gasteiger partial charge on any atom is 0.241 e. The fraction of sp³-hybridized carbons (Fsp3) is 0.857. The highest BCUT2D eigenvalue weighted by molar-refractivity contribution is 5.75. The first kappa shape index (κ1) is 8.47. The fourth-order valence-electron chi connectivity index (χ4n) is 0.814. The standard InChI is InChI=1S/C7H14NO/c1-5(2)4-6(3)7(8)9/h5-6,8H,4H2,1-3H3. The van der Waals surface area contributed by atoms with E-state index in [2.05, 4.69) is 13.8 Å². The predicted molar refractivity (Wildman–Crippen MR) is 36.7 cm³/mol. The molecule has 0 fully saturated rings. The monoisotopic (exact) mass is 128 g/mol. The van der Waals surface area contributed by atoms with Crippen molar-refractivity contribution < 1.29 is 4.79 Å². The Kier molecular flexibility index (Phi) is 3.28. The summed E-state index contributed by atoms with van der Waals surface area (Å²) >= 11 is 0. The molecule has 0 bridgehead atoms. The molecule has 2 heteroatoms. The Morgan fingerprint density at radius 1 is 1.44 bits per heavy atom. The zero-order valence-corrected chi connectivity index (χ0v) is 6.27. The van der Waals surface area contributed by atoms with Gasteiger partial charge in [0.2, 0.25) is 5.91 Å². The molecule has 0 aromatic carbocycles. The average Bonchev–Trinajstić information content (AvgIpc) is 1.63. The second-order valence-electron chi connectivity index (χ2n) is 2.89. The van der Waals surface area contributed by atoms with Crippen molar-refractivity contribution in [1.82, 2.24) is 5.73 Å². The molecule has 9 heavy (non-hydrogen) atoms.